The molecule has 0 atom stereocenters. The largest absolute Gasteiger partial charge is 0.493 e. The Bertz CT molecular complexity index is 836. The van der Waals surface area contributed by atoms with E-state index in [0.717, 1.165) is 22.0 Å². The van der Waals surface area contributed by atoms with E-state index in [4.69, 9.17) is 9.47 Å². The Labute approximate surface area is 135 Å². The molecular formula is C19H19NO3. The third-order valence-electron chi connectivity index (χ3n) is 3.82. The molecular weight excluding hydrogens is 290 g/mol. The first-order valence-electron chi connectivity index (χ1n) is 7.57. The highest BCUT2D eigenvalue weighted by molar-refractivity contribution is 5.83. The van der Waals surface area contributed by atoms with Gasteiger partial charge in [0, 0.05) is 17.1 Å². The maximum atomic E-state index is 12.1. The van der Waals surface area contributed by atoms with Crippen LogP contribution in [0.3, 0.4) is 0 Å². The molecule has 3 aromatic rings. The van der Waals surface area contributed by atoms with Gasteiger partial charge in [-0.3, -0.25) is 4.79 Å². The van der Waals surface area contributed by atoms with E-state index >= 15 is 0 Å². The SMILES string of the molecule is COc1cc(C)ccc1OC(=O)CCc1c[nH]c2ccccc12. The number of rotatable bonds is 5. The monoisotopic (exact) mass is 309 g/mol. The summed E-state index contributed by atoms with van der Waals surface area (Å²) in [6.45, 7) is 1.96. The van der Waals surface area contributed by atoms with Crippen LogP contribution in [0.4, 0.5) is 0 Å². The summed E-state index contributed by atoms with van der Waals surface area (Å²) in [5.74, 6) is 0.768. The van der Waals surface area contributed by atoms with Gasteiger partial charge < -0.3 is 14.5 Å². The lowest BCUT2D eigenvalue weighted by molar-refractivity contribution is -0.134. The number of hydrogen-bond donors (Lipinski definition) is 1. The summed E-state index contributed by atoms with van der Waals surface area (Å²) < 4.78 is 10.7. The summed E-state index contributed by atoms with van der Waals surface area (Å²) in [6.07, 6.45) is 2.90. The average Bonchev–Trinajstić information content (AvgIpc) is 2.98. The lowest BCUT2D eigenvalue weighted by atomic mass is 10.1. The smallest absolute Gasteiger partial charge is 0.311 e. The minimum Gasteiger partial charge on any atom is -0.493 e. The molecule has 2 aromatic carbocycles. The number of aryl methyl sites for hydroxylation is 2. The van der Waals surface area contributed by atoms with Crippen molar-refractivity contribution in [2.45, 2.75) is 19.8 Å². The Morgan fingerprint density at radius 3 is 2.78 bits per heavy atom. The molecule has 0 fully saturated rings. The number of aromatic amines is 1. The van der Waals surface area contributed by atoms with Crippen LogP contribution >= 0.6 is 0 Å². The van der Waals surface area contributed by atoms with E-state index in [1.54, 1.807) is 13.2 Å². The van der Waals surface area contributed by atoms with Gasteiger partial charge in [-0.05, 0) is 42.7 Å². The van der Waals surface area contributed by atoms with E-state index in [1.807, 2.05) is 43.5 Å². The molecule has 0 amide bonds. The fraction of sp³-hybridized carbons (Fsp3) is 0.211. The second-order valence-corrected chi connectivity index (χ2v) is 5.49. The maximum absolute atomic E-state index is 12.1. The zero-order chi connectivity index (χ0) is 16.2. The van der Waals surface area contributed by atoms with Crippen molar-refractivity contribution in [3.05, 3.63) is 59.8 Å². The minimum absolute atomic E-state index is 0.266. The number of H-pyrrole nitrogens is 1. The Kier molecular flexibility index (Phi) is 4.33. The van der Waals surface area contributed by atoms with Gasteiger partial charge in [-0.1, -0.05) is 24.3 Å². The summed E-state index contributed by atoms with van der Waals surface area (Å²) in [7, 11) is 1.57. The van der Waals surface area contributed by atoms with Crippen LogP contribution in [0.1, 0.15) is 17.5 Å². The summed E-state index contributed by atoms with van der Waals surface area (Å²) in [5.41, 5.74) is 3.25. The highest BCUT2D eigenvalue weighted by atomic mass is 16.6. The lowest BCUT2D eigenvalue weighted by Gasteiger charge is -2.09. The molecule has 0 saturated heterocycles. The molecule has 0 unspecified atom stereocenters. The number of aromatic nitrogens is 1. The van der Waals surface area contributed by atoms with Gasteiger partial charge in [-0.15, -0.1) is 0 Å². The van der Waals surface area contributed by atoms with Crippen LogP contribution < -0.4 is 9.47 Å². The van der Waals surface area contributed by atoms with Gasteiger partial charge in [-0.25, -0.2) is 0 Å². The summed E-state index contributed by atoms with van der Waals surface area (Å²) >= 11 is 0. The van der Waals surface area contributed by atoms with Gasteiger partial charge in [0.1, 0.15) is 0 Å². The van der Waals surface area contributed by atoms with Gasteiger partial charge in [-0.2, -0.15) is 0 Å². The topological polar surface area (TPSA) is 51.3 Å². The van der Waals surface area contributed by atoms with Crippen molar-refractivity contribution < 1.29 is 14.3 Å². The quantitative estimate of drug-likeness (QED) is 0.572. The molecule has 118 valence electrons. The molecule has 0 bridgehead atoms. The predicted octanol–water partition coefficient (Wildman–Crippen LogP) is 4.02. The number of ether oxygens (including phenoxy) is 2. The van der Waals surface area contributed by atoms with Crippen molar-refractivity contribution in [3.8, 4) is 11.5 Å². The van der Waals surface area contributed by atoms with E-state index in [9.17, 15) is 4.79 Å². The number of esters is 1. The Balaban J connectivity index is 1.66. The van der Waals surface area contributed by atoms with E-state index in [0.29, 0.717) is 24.3 Å². The molecule has 4 heteroatoms. The standard InChI is InChI=1S/C19H19NO3/c1-13-7-9-17(18(11-13)22-2)23-19(21)10-8-14-12-20-16-6-4-3-5-15(14)16/h3-7,9,11-12,20H,8,10H2,1-2H3. The van der Waals surface area contributed by atoms with Crippen molar-refractivity contribution in [3.63, 3.8) is 0 Å². The van der Waals surface area contributed by atoms with E-state index in [-0.39, 0.29) is 5.97 Å². The van der Waals surface area contributed by atoms with Crippen molar-refractivity contribution >= 4 is 16.9 Å². The van der Waals surface area contributed by atoms with Gasteiger partial charge in [0.2, 0.25) is 0 Å². The number of nitrogens with one attached hydrogen (secondary N) is 1. The van der Waals surface area contributed by atoms with E-state index in [1.165, 1.54) is 0 Å². The van der Waals surface area contributed by atoms with Gasteiger partial charge in [0.05, 0.1) is 13.5 Å². The van der Waals surface area contributed by atoms with E-state index in [2.05, 4.69) is 11.1 Å². The number of fused-ring (bicyclic) bond motifs is 1. The van der Waals surface area contributed by atoms with E-state index < -0.39 is 0 Å². The Morgan fingerprint density at radius 2 is 1.96 bits per heavy atom. The van der Waals surface area contributed by atoms with Gasteiger partial charge in [0.15, 0.2) is 11.5 Å². The van der Waals surface area contributed by atoms with Crippen LogP contribution in [-0.4, -0.2) is 18.1 Å². The van der Waals surface area contributed by atoms with Crippen LogP contribution in [0, 0.1) is 6.92 Å². The van der Waals surface area contributed by atoms with Crippen molar-refractivity contribution in [2.24, 2.45) is 0 Å². The van der Waals surface area contributed by atoms with Crippen molar-refractivity contribution in [1.29, 1.82) is 0 Å². The molecule has 1 heterocycles. The zero-order valence-corrected chi connectivity index (χ0v) is 13.3. The fourth-order valence-corrected chi connectivity index (χ4v) is 2.61. The first-order chi connectivity index (χ1) is 11.2. The predicted molar refractivity (Wildman–Crippen MR) is 90.0 cm³/mol. The number of para-hydroxylation sites is 1. The molecule has 23 heavy (non-hydrogen) atoms. The number of carbonyl (C=O) groups is 1. The van der Waals surface area contributed by atoms with Gasteiger partial charge in [0.25, 0.3) is 0 Å². The highest BCUT2D eigenvalue weighted by Crippen LogP contribution is 2.28. The van der Waals surface area contributed by atoms with Crippen LogP contribution in [0.5, 0.6) is 11.5 Å². The second kappa shape index (κ2) is 6.57. The normalized spacial score (nSPS) is 10.7. The molecule has 0 spiro atoms. The summed E-state index contributed by atoms with van der Waals surface area (Å²) in [6, 6.07) is 13.6. The number of carbonyl (C=O) groups excluding carboxylic acids is 1. The summed E-state index contributed by atoms with van der Waals surface area (Å²) in [4.78, 5) is 15.3. The highest BCUT2D eigenvalue weighted by Gasteiger charge is 2.12. The molecule has 0 aliphatic heterocycles. The second-order valence-electron chi connectivity index (χ2n) is 5.49. The molecule has 0 aliphatic rings. The van der Waals surface area contributed by atoms with Crippen LogP contribution in [0.2, 0.25) is 0 Å². The Morgan fingerprint density at radius 1 is 1.13 bits per heavy atom. The van der Waals surface area contributed by atoms with Gasteiger partial charge >= 0.3 is 5.97 Å². The molecule has 0 radical (unpaired) electrons. The van der Waals surface area contributed by atoms with Crippen molar-refractivity contribution in [1.82, 2.24) is 4.98 Å². The molecule has 0 aliphatic carbocycles. The van der Waals surface area contributed by atoms with Crippen molar-refractivity contribution in [2.75, 3.05) is 7.11 Å². The van der Waals surface area contributed by atoms with Crippen LogP contribution in [0.15, 0.2) is 48.7 Å². The molecule has 4 nitrogen and oxygen atoms in total. The fourth-order valence-electron chi connectivity index (χ4n) is 2.61. The first kappa shape index (κ1) is 15.2. The van der Waals surface area contributed by atoms with Crippen LogP contribution in [0.25, 0.3) is 10.9 Å². The average molecular weight is 309 g/mol. The summed E-state index contributed by atoms with van der Waals surface area (Å²) in [5, 5.41) is 1.15. The number of methoxy groups -OCH3 is 1. The molecule has 1 aromatic heterocycles. The zero-order valence-electron chi connectivity index (χ0n) is 13.3. The third kappa shape index (κ3) is 3.37. The van der Waals surface area contributed by atoms with Crippen LogP contribution in [-0.2, 0) is 11.2 Å². The maximum Gasteiger partial charge on any atom is 0.311 e. The lowest BCUT2D eigenvalue weighted by Crippen LogP contribution is -2.09. The number of benzene rings is 2. The Hall–Kier alpha value is -2.75. The minimum atomic E-state index is -0.266. The molecule has 1 N–H and O–H groups in total. The first-order valence-corrected chi connectivity index (χ1v) is 7.57. The number of hydrogen-bond acceptors (Lipinski definition) is 3. The third-order valence-corrected chi connectivity index (χ3v) is 3.82. The molecule has 3 rings (SSSR count). The molecule has 0 saturated carbocycles.